The number of carbonyl (C=O) groups excluding carboxylic acids is 1. The molecule has 5 rings (SSSR count). The van der Waals surface area contributed by atoms with Crippen molar-refractivity contribution in [2.24, 2.45) is 4.40 Å². The van der Waals surface area contributed by atoms with Gasteiger partial charge >= 0.3 is 0 Å². The van der Waals surface area contributed by atoms with Crippen LogP contribution in [-0.2, 0) is 29.5 Å². The summed E-state index contributed by atoms with van der Waals surface area (Å²) in [6.45, 7) is 1.77. The summed E-state index contributed by atoms with van der Waals surface area (Å²) in [7, 11) is -3.38. The third-order valence-electron chi connectivity index (χ3n) is 5.12. The third-order valence-corrected chi connectivity index (χ3v) is 7.43. The topological polar surface area (TPSA) is 96.7 Å². The van der Waals surface area contributed by atoms with Gasteiger partial charge in [0.1, 0.15) is 5.82 Å². The van der Waals surface area contributed by atoms with Crippen LogP contribution >= 0.6 is 11.8 Å². The number of aromatic nitrogens is 2. The van der Waals surface area contributed by atoms with Crippen molar-refractivity contribution in [1.29, 1.82) is 0 Å². The minimum Gasteiger partial charge on any atom is -0.346 e. The molecule has 8 nitrogen and oxygen atoms in total. The maximum absolute atomic E-state index is 12.6. The Morgan fingerprint density at radius 2 is 2.14 bits per heavy atom. The number of amides is 1. The number of hydrogen-bond acceptors (Lipinski definition) is 6. The largest absolute Gasteiger partial charge is 0.346 e. The van der Waals surface area contributed by atoms with E-state index in [0.29, 0.717) is 23.8 Å². The number of sulfonamides is 1. The number of thioether (sulfide) groups is 1. The highest BCUT2D eigenvalue weighted by Gasteiger charge is 2.33. The molecular formula is C18H19N5O3S2. The van der Waals surface area contributed by atoms with Crippen molar-refractivity contribution < 1.29 is 13.2 Å². The molecule has 146 valence electrons. The van der Waals surface area contributed by atoms with Crippen LogP contribution in [0.5, 0.6) is 0 Å². The van der Waals surface area contributed by atoms with Crippen LogP contribution in [0.2, 0.25) is 0 Å². The van der Waals surface area contributed by atoms with E-state index in [9.17, 15) is 13.2 Å². The van der Waals surface area contributed by atoms with E-state index in [0.717, 1.165) is 35.1 Å². The molecule has 2 aromatic rings. The zero-order chi connectivity index (χ0) is 19.3. The highest BCUT2D eigenvalue weighted by molar-refractivity contribution is 8.15. The van der Waals surface area contributed by atoms with Gasteiger partial charge in [0.25, 0.3) is 15.9 Å². The Labute approximate surface area is 167 Å². The minimum atomic E-state index is -3.38. The number of nitrogens with zero attached hydrogens (tertiary/aromatic N) is 4. The first-order chi connectivity index (χ1) is 13.5. The number of imidazole rings is 1. The summed E-state index contributed by atoms with van der Waals surface area (Å²) in [5.74, 6) is 0.929. The second-order valence-corrected chi connectivity index (χ2v) is 9.84. The Morgan fingerprint density at radius 1 is 1.25 bits per heavy atom. The van der Waals surface area contributed by atoms with Crippen LogP contribution in [0.3, 0.4) is 0 Å². The van der Waals surface area contributed by atoms with Crippen LogP contribution in [-0.4, -0.2) is 41.3 Å². The Balaban J connectivity index is 1.30. The predicted octanol–water partition coefficient (Wildman–Crippen LogP) is 1.76. The molecule has 10 heteroatoms. The fraction of sp³-hybridized carbons (Fsp3) is 0.389. The molecule has 0 unspecified atom stereocenters. The summed E-state index contributed by atoms with van der Waals surface area (Å²) in [6, 6.07) is 5.41. The monoisotopic (exact) mass is 417 g/mol. The molecule has 4 heterocycles. The molecule has 0 fully saturated rings. The molecule has 1 aromatic carbocycles. The number of fused-ring (bicyclic) bond motifs is 4. The van der Waals surface area contributed by atoms with Crippen LogP contribution in [0.15, 0.2) is 33.7 Å². The number of nitrogens with one attached hydrogen (secondary N) is 1. The number of rotatable bonds is 3. The molecule has 0 saturated heterocycles. The Hall–Kier alpha value is -2.33. The van der Waals surface area contributed by atoms with E-state index in [1.165, 1.54) is 24.6 Å². The van der Waals surface area contributed by atoms with E-state index < -0.39 is 10.0 Å². The van der Waals surface area contributed by atoms with Crippen molar-refractivity contribution in [3.8, 4) is 0 Å². The van der Waals surface area contributed by atoms with E-state index in [-0.39, 0.29) is 11.7 Å². The van der Waals surface area contributed by atoms with Crippen molar-refractivity contribution in [2.75, 3.05) is 17.2 Å². The Morgan fingerprint density at radius 3 is 3.00 bits per heavy atom. The normalized spacial score (nSPS) is 19.4. The molecule has 3 aliphatic rings. The maximum Gasteiger partial charge on any atom is 0.257 e. The van der Waals surface area contributed by atoms with E-state index in [1.807, 2.05) is 17.2 Å². The smallest absolute Gasteiger partial charge is 0.257 e. The fourth-order valence-electron chi connectivity index (χ4n) is 3.70. The lowest BCUT2D eigenvalue weighted by Gasteiger charge is -2.22. The van der Waals surface area contributed by atoms with Crippen LogP contribution in [0.1, 0.15) is 34.7 Å². The second kappa shape index (κ2) is 6.63. The summed E-state index contributed by atoms with van der Waals surface area (Å²) in [6.07, 6.45) is 5.35. The van der Waals surface area contributed by atoms with E-state index in [4.69, 9.17) is 0 Å². The van der Waals surface area contributed by atoms with Gasteiger partial charge in [-0.25, -0.2) is 13.4 Å². The average Bonchev–Trinajstić information content (AvgIpc) is 3.24. The minimum absolute atomic E-state index is 0.00731. The van der Waals surface area contributed by atoms with E-state index >= 15 is 0 Å². The fourth-order valence-corrected chi connectivity index (χ4v) is 6.00. The number of hydrogen-bond donors (Lipinski definition) is 1. The van der Waals surface area contributed by atoms with Gasteiger partial charge in [-0.2, -0.15) is 0 Å². The zero-order valence-electron chi connectivity index (χ0n) is 15.1. The van der Waals surface area contributed by atoms with Crippen LogP contribution < -0.4 is 10.2 Å². The first kappa shape index (κ1) is 17.7. The highest BCUT2D eigenvalue weighted by Crippen LogP contribution is 2.42. The molecule has 0 spiro atoms. The van der Waals surface area contributed by atoms with Gasteiger partial charge in [0.05, 0.1) is 23.7 Å². The number of carbonyl (C=O) groups is 1. The summed E-state index contributed by atoms with van der Waals surface area (Å²) in [5, 5.41) is 3.39. The van der Waals surface area contributed by atoms with Crippen molar-refractivity contribution in [3.05, 3.63) is 41.5 Å². The van der Waals surface area contributed by atoms with Crippen LogP contribution in [0, 0.1) is 0 Å². The molecule has 1 amide bonds. The Bertz CT molecular complexity index is 1080. The zero-order valence-corrected chi connectivity index (χ0v) is 16.7. The maximum atomic E-state index is 12.6. The average molecular weight is 418 g/mol. The number of amidine groups is 1. The molecule has 0 atom stereocenters. The molecule has 1 aromatic heterocycles. The van der Waals surface area contributed by atoms with Gasteiger partial charge in [0.15, 0.2) is 5.17 Å². The SMILES string of the molecule is O=C(NCc1cn2c(n1)CCCC2)c1ccc2c(c1)SC1=NS(=O)(=O)CCN12. The lowest BCUT2D eigenvalue weighted by atomic mass is 10.2. The number of aryl methyl sites for hydroxylation is 2. The molecule has 28 heavy (non-hydrogen) atoms. The molecule has 0 aliphatic carbocycles. The summed E-state index contributed by atoms with van der Waals surface area (Å²) >= 11 is 1.29. The Kier molecular flexibility index (Phi) is 4.20. The summed E-state index contributed by atoms with van der Waals surface area (Å²) in [5.41, 5.74) is 2.31. The molecule has 3 aliphatic heterocycles. The molecule has 1 N–H and O–H groups in total. The molecule has 0 radical (unpaired) electrons. The van der Waals surface area contributed by atoms with Gasteiger partial charge in [0, 0.05) is 36.2 Å². The lowest BCUT2D eigenvalue weighted by Crippen LogP contribution is -2.35. The highest BCUT2D eigenvalue weighted by atomic mass is 32.2. The van der Waals surface area contributed by atoms with Crippen LogP contribution in [0.4, 0.5) is 5.69 Å². The predicted molar refractivity (Wildman–Crippen MR) is 107 cm³/mol. The quantitative estimate of drug-likeness (QED) is 0.818. The number of anilines is 1. The van der Waals surface area contributed by atoms with Gasteiger partial charge in [-0.05, 0) is 42.8 Å². The van der Waals surface area contributed by atoms with Gasteiger partial charge in [-0.15, -0.1) is 4.40 Å². The summed E-state index contributed by atoms with van der Waals surface area (Å²) < 4.78 is 29.4. The first-order valence-corrected chi connectivity index (χ1v) is 11.7. The van der Waals surface area contributed by atoms with Crippen molar-refractivity contribution in [1.82, 2.24) is 14.9 Å². The van der Waals surface area contributed by atoms with Crippen molar-refractivity contribution in [3.63, 3.8) is 0 Å². The van der Waals surface area contributed by atoms with Crippen LogP contribution in [0.25, 0.3) is 0 Å². The van der Waals surface area contributed by atoms with Gasteiger partial charge in [-0.1, -0.05) is 0 Å². The second-order valence-electron chi connectivity index (χ2n) is 7.08. The number of benzene rings is 1. The standard InChI is InChI=1S/C18H19N5O3S2/c24-17(19-10-13-11-22-6-2-1-3-16(22)20-13)12-4-5-14-15(9-12)27-18-21-28(25,26)8-7-23(14)18/h4-5,9,11H,1-3,6-8,10H2,(H,19,24). The van der Waals surface area contributed by atoms with Gasteiger partial charge in [-0.3, -0.25) is 4.79 Å². The lowest BCUT2D eigenvalue weighted by molar-refractivity contribution is 0.0950. The van der Waals surface area contributed by atoms with Crippen molar-refractivity contribution in [2.45, 2.75) is 37.2 Å². The molecule has 0 bridgehead atoms. The molecule has 0 saturated carbocycles. The van der Waals surface area contributed by atoms with Crippen molar-refractivity contribution >= 4 is 38.5 Å². The molecular weight excluding hydrogens is 398 g/mol. The first-order valence-electron chi connectivity index (χ1n) is 9.24. The van der Waals surface area contributed by atoms with Gasteiger partial charge < -0.3 is 14.8 Å². The third kappa shape index (κ3) is 3.20. The van der Waals surface area contributed by atoms with Gasteiger partial charge in [0.2, 0.25) is 0 Å². The van der Waals surface area contributed by atoms with E-state index in [1.54, 1.807) is 12.1 Å². The summed E-state index contributed by atoms with van der Waals surface area (Å²) in [4.78, 5) is 19.9. The van der Waals surface area contributed by atoms with E-state index in [2.05, 4.69) is 19.3 Å².